The van der Waals surface area contributed by atoms with Crippen molar-refractivity contribution in [3.8, 4) is 0 Å². The van der Waals surface area contributed by atoms with E-state index in [1.165, 1.54) is 11.3 Å². The van der Waals surface area contributed by atoms with Crippen molar-refractivity contribution in [2.24, 2.45) is 0 Å². The number of rotatable bonds is 3. The number of ether oxygens (including phenoxy) is 1. The molecule has 0 spiro atoms. The number of hydrogen-bond acceptors (Lipinski definition) is 5. The van der Waals surface area contributed by atoms with Gasteiger partial charge in [-0.3, -0.25) is 0 Å². The maximum absolute atomic E-state index is 12.1. The van der Waals surface area contributed by atoms with E-state index in [0.29, 0.717) is 17.4 Å². The molecule has 0 radical (unpaired) electrons. The van der Waals surface area contributed by atoms with Crippen LogP contribution in [0.25, 0.3) is 0 Å². The number of hydrogen-bond donors (Lipinski definition) is 1. The molecule has 1 fully saturated rings. The minimum atomic E-state index is -0.449. The largest absolute Gasteiger partial charge is 0.444 e. The van der Waals surface area contributed by atoms with Gasteiger partial charge in [-0.2, -0.15) is 0 Å². The minimum absolute atomic E-state index is 0.230. The maximum atomic E-state index is 12.1. The first-order valence-electron chi connectivity index (χ1n) is 7.15. The first-order chi connectivity index (χ1) is 9.83. The Morgan fingerprint density at radius 2 is 2.38 bits per heavy atom. The zero-order valence-electron chi connectivity index (χ0n) is 12.7. The zero-order chi connectivity index (χ0) is 15.5. The SMILES string of the molecule is CC(C)(C)OC(=O)N1CCCC(NCc2ncc(Cl)s2)C1. The van der Waals surface area contributed by atoms with Crippen molar-refractivity contribution in [2.75, 3.05) is 13.1 Å². The van der Waals surface area contributed by atoms with Gasteiger partial charge >= 0.3 is 6.09 Å². The Morgan fingerprint density at radius 1 is 1.62 bits per heavy atom. The van der Waals surface area contributed by atoms with E-state index in [4.69, 9.17) is 16.3 Å². The lowest BCUT2D eigenvalue weighted by atomic mass is 10.1. The van der Waals surface area contributed by atoms with Gasteiger partial charge in [0.15, 0.2) is 0 Å². The number of nitrogens with zero attached hydrogens (tertiary/aromatic N) is 2. The van der Waals surface area contributed by atoms with Crippen molar-refractivity contribution in [3.63, 3.8) is 0 Å². The second-order valence-corrected chi connectivity index (χ2v) is 7.95. The van der Waals surface area contributed by atoms with Gasteiger partial charge < -0.3 is 15.0 Å². The Morgan fingerprint density at radius 3 is 3.00 bits per heavy atom. The molecule has 1 unspecified atom stereocenters. The van der Waals surface area contributed by atoms with E-state index >= 15 is 0 Å². The molecule has 0 bridgehead atoms. The minimum Gasteiger partial charge on any atom is -0.444 e. The second kappa shape index (κ2) is 6.94. The molecule has 0 aromatic carbocycles. The fraction of sp³-hybridized carbons (Fsp3) is 0.714. The van der Waals surface area contributed by atoms with Gasteiger partial charge in [-0.05, 0) is 33.6 Å². The summed E-state index contributed by atoms with van der Waals surface area (Å²) in [6.45, 7) is 7.78. The number of amides is 1. The van der Waals surface area contributed by atoms with Gasteiger partial charge in [0, 0.05) is 25.7 Å². The first kappa shape index (κ1) is 16.5. The Hall–Kier alpha value is -0.850. The highest BCUT2D eigenvalue weighted by molar-refractivity contribution is 7.15. The molecule has 7 heteroatoms. The predicted octanol–water partition coefficient (Wildman–Crippen LogP) is 3.29. The molecule has 2 rings (SSSR count). The van der Waals surface area contributed by atoms with Crippen molar-refractivity contribution >= 4 is 29.0 Å². The van der Waals surface area contributed by atoms with Gasteiger partial charge in [-0.15, -0.1) is 11.3 Å². The molecule has 118 valence electrons. The van der Waals surface area contributed by atoms with E-state index in [9.17, 15) is 4.79 Å². The molecule has 2 heterocycles. The van der Waals surface area contributed by atoms with E-state index in [-0.39, 0.29) is 12.1 Å². The van der Waals surface area contributed by atoms with Crippen LogP contribution in [0.3, 0.4) is 0 Å². The van der Waals surface area contributed by atoms with Crippen LogP contribution >= 0.6 is 22.9 Å². The quantitative estimate of drug-likeness (QED) is 0.923. The molecule has 1 amide bonds. The van der Waals surface area contributed by atoms with Gasteiger partial charge in [0.25, 0.3) is 0 Å². The molecular weight excluding hydrogens is 310 g/mol. The van der Waals surface area contributed by atoms with Crippen molar-refractivity contribution in [1.82, 2.24) is 15.2 Å². The third-order valence-electron chi connectivity index (χ3n) is 3.14. The van der Waals surface area contributed by atoms with Crippen molar-refractivity contribution < 1.29 is 9.53 Å². The third kappa shape index (κ3) is 5.45. The summed E-state index contributed by atoms with van der Waals surface area (Å²) in [5.74, 6) is 0. The molecule has 1 atom stereocenters. The summed E-state index contributed by atoms with van der Waals surface area (Å²) >= 11 is 7.34. The van der Waals surface area contributed by atoms with Gasteiger partial charge in [0.1, 0.15) is 14.9 Å². The number of halogens is 1. The van der Waals surface area contributed by atoms with E-state index < -0.39 is 5.60 Å². The lowest BCUT2D eigenvalue weighted by Gasteiger charge is -2.34. The average Bonchev–Trinajstić information content (AvgIpc) is 2.81. The predicted molar refractivity (Wildman–Crippen MR) is 84.8 cm³/mol. The molecule has 1 aliphatic rings. The normalized spacial score (nSPS) is 19.6. The Labute approximate surface area is 134 Å². The smallest absolute Gasteiger partial charge is 0.410 e. The lowest BCUT2D eigenvalue weighted by Crippen LogP contribution is -2.49. The molecule has 5 nitrogen and oxygen atoms in total. The highest BCUT2D eigenvalue weighted by Gasteiger charge is 2.27. The molecule has 1 aromatic heterocycles. The molecule has 0 aliphatic carbocycles. The van der Waals surface area contributed by atoms with Crippen LogP contribution in [0, 0.1) is 0 Å². The Kier molecular flexibility index (Phi) is 5.46. The maximum Gasteiger partial charge on any atom is 0.410 e. The molecule has 21 heavy (non-hydrogen) atoms. The fourth-order valence-corrected chi connectivity index (χ4v) is 3.14. The Balaban J connectivity index is 1.81. The van der Waals surface area contributed by atoms with Crippen LogP contribution in [0.2, 0.25) is 4.34 Å². The van der Waals surface area contributed by atoms with E-state index in [2.05, 4.69) is 10.3 Å². The van der Waals surface area contributed by atoms with E-state index in [1.54, 1.807) is 11.1 Å². The highest BCUT2D eigenvalue weighted by atomic mass is 35.5. The zero-order valence-corrected chi connectivity index (χ0v) is 14.3. The van der Waals surface area contributed by atoms with Gasteiger partial charge in [0.2, 0.25) is 0 Å². The molecule has 1 saturated heterocycles. The number of nitrogens with one attached hydrogen (secondary N) is 1. The molecular formula is C14H22ClN3O2S. The summed E-state index contributed by atoms with van der Waals surface area (Å²) in [5.41, 5.74) is -0.449. The summed E-state index contributed by atoms with van der Waals surface area (Å²) in [6.07, 6.45) is 3.47. The first-order valence-corrected chi connectivity index (χ1v) is 8.34. The average molecular weight is 332 g/mol. The number of carbonyl (C=O) groups is 1. The lowest BCUT2D eigenvalue weighted by molar-refractivity contribution is 0.0187. The summed E-state index contributed by atoms with van der Waals surface area (Å²) < 4.78 is 6.12. The summed E-state index contributed by atoms with van der Waals surface area (Å²) in [5, 5.41) is 4.41. The monoisotopic (exact) mass is 331 g/mol. The standard InChI is InChI=1S/C14H22ClN3O2S/c1-14(2,3)20-13(19)18-6-4-5-10(9-18)16-8-12-17-7-11(15)21-12/h7,10,16H,4-6,8-9H2,1-3H3. The fourth-order valence-electron chi connectivity index (χ4n) is 2.24. The molecule has 1 aliphatic heterocycles. The number of aromatic nitrogens is 1. The van der Waals surface area contributed by atoms with Crippen LogP contribution < -0.4 is 5.32 Å². The number of piperidine rings is 1. The van der Waals surface area contributed by atoms with Crippen LogP contribution in [0.4, 0.5) is 4.79 Å². The molecule has 1 N–H and O–H groups in total. The summed E-state index contributed by atoms with van der Waals surface area (Å²) in [4.78, 5) is 18.1. The highest BCUT2D eigenvalue weighted by Crippen LogP contribution is 2.19. The van der Waals surface area contributed by atoms with Crippen LogP contribution in [-0.2, 0) is 11.3 Å². The van der Waals surface area contributed by atoms with Crippen molar-refractivity contribution in [3.05, 3.63) is 15.5 Å². The van der Waals surface area contributed by atoms with Crippen LogP contribution in [0.5, 0.6) is 0 Å². The molecule has 0 saturated carbocycles. The number of thiazole rings is 1. The van der Waals surface area contributed by atoms with Crippen molar-refractivity contribution in [1.29, 1.82) is 0 Å². The van der Waals surface area contributed by atoms with Crippen LogP contribution in [0.1, 0.15) is 38.6 Å². The summed E-state index contributed by atoms with van der Waals surface area (Å²) in [6, 6.07) is 0.272. The van der Waals surface area contributed by atoms with Crippen LogP contribution in [-0.4, -0.2) is 40.7 Å². The van der Waals surface area contributed by atoms with Gasteiger partial charge in [-0.25, -0.2) is 9.78 Å². The van der Waals surface area contributed by atoms with Crippen LogP contribution in [0.15, 0.2) is 6.20 Å². The molecule has 1 aromatic rings. The van der Waals surface area contributed by atoms with Gasteiger partial charge in [-0.1, -0.05) is 11.6 Å². The third-order valence-corrected chi connectivity index (χ3v) is 4.26. The van der Waals surface area contributed by atoms with Gasteiger partial charge in [0.05, 0.1) is 6.20 Å². The van der Waals surface area contributed by atoms with E-state index in [1.807, 2.05) is 20.8 Å². The second-order valence-electron chi connectivity index (χ2n) is 6.20. The topological polar surface area (TPSA) is 54.5 Å². The van der Waals surface area contributed by atoms with Crippen molar-refractivity contribution in [2.45, 2.75) is 51.8 Å². The van der Waals surface area contributed by atoms with E-state index in [0.717, 1.165) is 24.4 Å². The Bertz CT molecular complexity index is 487. The summed E-state index contributed by atoms with van der Waals surface area (Å²) in [7, 11) is 0. The number of carbonyl (C=O) groups excluding carboxylic acids is 1. The number of likely N-dealkylation sites (tertiary alicyclic amines) is 1.